The number of ether oxygens (including phenoxy) is 1. The largest absolute Gasteiger partial charge is 0.444 e. The molecule has 2 rings (SSSR count). The predicted molar refractivity (Wildman–Crippen MR) is 92.4 cm³/mol. The summed E-state index contributed by atoms with van der Waals surface area (Å²) >= 11 is 5.96. The maximum absolute atomic E-state index is 12.2. The molecule has 132 valence electrons. The lowest BCUT2D eigenvalue weighted by Crippen LogP contribution is -2.39. The van der Waals surface area contributed by atoms with Gasteiger partial charge in [0, 0.05) is 26.2 Å². The highest BCUT2D eigenvalue weighted by Gasteiger charge is 2.26. The Balaban J connectivity index is 2.13. The van der Waals surface area contributed by atoms with Crippen molar-refractivity contribution in [3.8, 4) is 0 Å². The molecule has 2 N–H and O–H groups in total. The summed E-state index contributed by atoms with van der Waals surface area (Å²) in [5, 5.41) is 0.295. The summed E-state index contributed by atoms with van der Waals surface area (Å²) in [6.45, 7) is 7.73. The average Bonchev–Trinajstić information content (AvgIpc) is 2.70. The second-order valence-electron chi connectivity index (χ2n) is 6.68. The summed E-state index contributed by atoms with van der Waals surface area (Å²) in [5.41, 5.74) is 5.22. The number of nitrogens with zero attached hydrogens (tertiary/aromatic N) is 3. The topological polar surface area (TPSA) is 88.8 Å². The highest BCUT2D eigenvalue weighted by atomic mass is 35.5. The Morgan fingerprint density at radius 2 is 1.92 bits per heavy atom. The van der Waals surface area contributed by atoms with Gasteiger partial charge in [-0.05, 0) is 39.3 Å². The Morgan fingerprint density at radius 1 is 1.21 bits per heavy atom. The first-order chi connectivity index (χ1) is 11.2. The van der Waals surface area contributed by atoms with Crippen LogP contribution in [0.25, 0.3) is 0 Å². The van der Waals surface area contributed by atoms with Crippen LogP contribution in [0.2, 0.25) is 5.15 Å². The van der Waals surface area contributed by atoms with Crippen LogP contribution in [-0.2, 0) is 4.74 Å². The molecule has 1 fully saturated rings. The monoisotopic (exact) mass is 354 g/mol. The summed E-state index contributed by atoms with van der Waals surface area (Å²) < 4.78 is 5.41. The molecule has 0 radical (unpaired) electrons. The van der Waals surface area contributed by atoms with Gasteiger partial charge in [0.15, 0.2) is 0 Å². The number of aromatic nitrogens is 1. The lowest BCUT2D eigenvalue weighted by atomic mass is 10.2. The van der Waals surface area contributed by atoms with Crippen molar-refractivity contribution in [2.45, 2.75) is 32.8 Å². The molecule has 1 aromatic heterocycles. The number of carbonyl (C=O) groups excluding carboxylic acids is 2. The van der Waals surface area contributed by atoms with Gasteiger partial charge in [0.05, 0.1) is 5.56 Å². The summed E-state index contributed by atoms with van der Waals surface area (Å²) in [7, 11) is 0. The van der Waals surface area contributed by atoms with Gasteiger partial charge in [0.1, 0.15) is 16.6 Å². The van der Waals surface area contributed by atoms with Gasteiger partial charge in [-0.15, -0.1) is 0 Å². The first kappa shape index (κ1) is 18.3. The van der Waals surface area contributed by atoms with Crippen LogP contribution >= 0.6 is 11.6 Å². The zero-order valence-corrected chi connectivity index (χ0v) is 15.0. The van der Waals surface area contributed by atoms with Crippen molar-refractivity contribution >= 4 is 29.4 Å². The van der Waals surface area contributed by atoms with Gasteiger partial charge in [0.2, 0.25) is 0 Å². The highest BCUT2D eigenvalue weighted by Crippen LogP contribution is 2.22. The molecule has 1 saturated heterocycles. The molecule has 2 amide bonds. The maximum Gasteiger partial charge on any atom is 0.410 e. The smallest absolute Gasteiger partial charge is 0.410 e. The fourth-order valence-corrected chi connectivity index (χ4v) is 2.64. The number of nitrogens with two attached hydrogens (primary N) is 1. The van der Waals surface area contributed by atoms with Crippen molar-refractivity contribution in [2.24, 2.45) is 5.73 Å². The van der Waals surface area contributed by atoms with Crippen LogP contribution in [0.4, 0.5) is 10.6 Å². The molecule has 0 saturated carbocycles. The molecule has 24 heavy (non-hydrogen) atoms. The van der Waals surface area contributed by atoms with Crippen LogP contribution in [0.15, 0.2) is 12.1 Å². The van der Waals surface area contributed by atoms with E-state index in [0.29, 0.717) is 42.7 Å². The number of hydrogen-bond acceptors (Lipinski definition) is 5. The van der Waals surface area contributed by atoms with Gasteiger partial charge in [-0.1, -0.05) is 11.6 Å². The molecular formula is C16H23ClN4O3. The Hall–Kier alpha value is -2.02. The fraction of sp³-hybridized carbons (Fsp3) is 0.562. The van der Waals surface area contributed by atoms with Crippen LogP contribution in [0.5, 0.6) is 0 Å². The number of rotatable bonds is 2. The lowest BCUT2D eigenvalue weighted by molar-refractivity contribution is 0.0263. The number of primary amides is 1. The van der Waals surface area contributed by atoms with E-state index in [1.807, 2.05) is 25.7 Å². The van der Waals surface area contributed by atoms with E-state index in [0.717, 1.165) is 6.42 Å². The van der Waals surface area contributed by atoms with Gasteiger partial charge >= 0.3 is 6.09 Å². The zero-order valence-electron chi connectivity index (χ0n) is 14.2. The van der Waals surface area contributed by atoms with Crippen molar-refractivity contribution in [3.05, 3.63) is 22.8 Å². The normalized spacial score (nSPS) is 15.8. The number of anilines is 1. The van der Waals surface area contributed by atoms with E-state index in [1.165, 1.54) is 6.07 Å². The van der Waals surface area contributed by atoms with Gasteiger partial charge in [0.25, 0.3) is 5.91 Å². The SMILES string of the molecule is CC(C)(C)OC(=O)N1CCCN(c2nc(Cl)ccc2C(N)=O)CC1. The van der Waals surface area contributed by atoms with E-state index in [1.54, 1.807) is 11.0 Å². The molecule has 1 aromatic rings. The van der Waals surface area contributed by atoms with Gasteiger partial charge in [-0.25, -0.2) is 9.78 Å². The van der Waals surface area contributed by atoms with E-state index >= 15 is 0 Å². The third-order valence-corrected chi connectivity index (χ3v) is 3.76. The molecule has 2 heterocycles. The van der Waals surface area contributed by atoms with Gasteiger partial charge in [-0.2, -0.15) is 0 Å². The molecule has 0 atom stereocenters. The second kappa shape index (κ2) is 7.25. The number of carbonyl (C=O) groups is 2. The standard InChI is InChI=1S/C16H23ClN4O3/c1-16(2,3)24-15(23)21-8-4-7-20(9-10-21)14-11(13(18)22)5-6-12(17)19-14/h5-6H,4,7-10H2,1-3H3,(H2,18,22). The predicted octanol–water partition coefficient (Wildman–Crippen LogP) is 2.28. The van der Waals surface area contributed by atoms with Crippen molar-refractivity contribution in [3.63, 3.8) is 0 Å². The zero-order chi connectivity index (χ0) is 17.9. The molecule has 0 aliphatic carbocycles. The highest BCUT2D eigenvalue weighted by molar-refractivity contribution is 6.29. The summed E-state index contributed by atoms with van der Waals surface area (Å²) in [4.78, 5) is 31.7. The molecule has 0 unspecified atom stereocenters. The van der Waals surface area contributed by atoms with E-state index < -0.39 is 11.5 Å². The van der Waals surface area contributed by atoms with Crippen molar-refractivity contribution in [1.29, 1.82) is 0 Å². The summed E-state index contributed by atoms with van der Waals surface area (Å²) in [5.74, 6) is -0.0940. The molecule has 0 aromatic carbocycles. The van der Waals surface area contributed by atoms with Crippen LogP contribution in [0.3, 0.4) is 0 Å². The van der Waals surface area contributed by atoms with E-state index in [-0.39, 0.29) is 6.09 Å². The third kappa shape index (κ3) is 4.74. The van der Waals surface area contributed by atoms with Crippen LogP contribution in [0.1, 0.15) is 37.6 Å². The van der Waals surface area contributed by atoms with Crippen LogP contribution in [-0.4, -0.2) is 53.7 Å². The molecule has 1 aliphatic rings. The fourth-order valence-electron chi connectivity index (χ4n) is 2.50. The average molecular weight is 355 g/mol. The molecule has 1 aliphatic heterocycles. The van der Waals surface area contributed by atoms with Crippen molar-refractivity contribution in [2.75, 3.05) is 31.1 Å². The van der Waals surface area contributed by atoms with Gasteiger partial charge < -0.3 is 20.3 Å². The first-order valence-corrected chi connectivity index (χ1v) is 8.24. The Bertz CT molecular complexity index is 630. The molecular weight excluding hydrogens is 332 g/mol. The third-order valence-electron chi connectivity index (χ3n) is 3.55. The minimum absolute atomic E-state index is 0.295. The molecule has 7 nitrogen and oxygen atoms in total. The minimum atomic E-state index is -0.553. The van der Waals surface area contributed by atoms with Crippen molar-refractivity contribution in [1.82, 2.24) is 9.88 Å². The van der Waals surface area contributed by atoms with E-state index in [9.17, 15) is 9.59 Å². The van der Waals surface area contributed by atoms with Crippen molar-refractivity contribution < 1.29 is 14.3 Å². The first-order valence-electron chi connectivity index (χ1n) is 7.86. The van der Waals surface area contributed by atoms with Gasteiger partial charge in [-0.3, -0.25) is 4.79 Å². The Morgan fingerprint density at radius 3 is 2.54 bits per heavy atom. The lowest BCUT2D eigenvalue weighted by Gasteiger charge is -2.27. The quantitative estimate of drug-likeness (QED) is 0.823. The number of amides is 2. The van der Waals surface area contributed by atoms with E-state index in [4.69, 9.17) is 22.1 Å². The van der Waals surface area contributed by atoms with Crippen LogP contribution < -0.4 is 10.6 Å². The Labute approximate surface area is 146 Å². The number of hydrogen-bond donors (Lipinski definition) is 1. The van der Waals surface area contributed by atoms with Crippen LogP contribution in [0, 0.1) is 0 Å². The Kier molecular flexibility index (Phi) is 5.54. The number of halogens is 1. The molecule has 0 spiro atoms. The summed E-state index contributed by atoms with van der Waals surface area (Å²) in [6.07, 6.45) is 0.393. The molecule has 8 heteroatoms. The summed E-state index contributed by atoms with van der Waals surface area (Å²) in [6, 6.07) is 3.11. The maximum atomic E-state index is 12.2. The second-order valence-corrected chi connectivity index (χ2v) is 7.06. The minimum Gasteiger partial charge on any atom is -0.444 e. The molecule has 0 bridgehead atoms. The van der Waals surface area contributed by atoms with E-state index in [2.05, 4.69) is 4.98 Å². The number of pyridine rings is 1.